The van der Waals surface area contributed by atoms with Crippen LogP contribution in [0.3, 0.4) is 0 Å². The second-order valence-corrected chi connectivity index (χ2v) is 2.17. The van der Waals surface area contributed by atoms with Gasteiger partial charge in [-0.3, -0.25) is 4.98 Å². The van der Waals surface area contributed by atoms with E-state index in [9.17, 15) is 0 Å². The van der Waals surface area contributed by atoms with Crippen molar-refractivity contribution in [3.8, 4) is 0 Å². The van der Waals surface area contributed by atoms with Gasteiger partial charge >= 0.3 is 0 Å². The van der Waals surface area contributed by atoms with Crippen LogP contribution in [0, 0.1) is 0 Å². The SMILES string of the molecule is c1cc2c(cn1)COOC2. The first kappa shape index (κ1) is 5.82. The Morgan fingerprint density at radius 3 is 2.80 bits per heavy atom. The van der Waals surface area contributed by atoms with E-state index in [0.29, 0.717) is 13.2 Å². The van der Waals surface area contributed by atoms with Crippen LogP contribution >= 0.6 is 0 Å². The number of hydrogen-bond acceptors (Lipinski definition) is 3. The van der Waals surface area contributed by atoms with E-state index >= 15 is 0 Å². The Morgan fingerprint density at radius 2 is 2.00 bits per heavy atom. The van der Waals surface area contributed by atoms with Gasteiger partial charge in [-0.15, -0.1) is 0 Å². The third-order valence-corrected chi connectivity index (χ3v) is 1.52. The molecule has 1 aromatic heterocycles. The Labute approximate surface area is 58.5 Å². The van der Waals surface area contributed by atoms with Crippen LogP contribution in [0.15, 0.2) is 18.5 Å². The first-order valence-corrected chi connectivity index (χ1v) is 3.13. The molecule has 52 valence electrons. The fraction of sp³-hybridized carbons (Fsp3) is 0.286. The summed E-state index contributed by atoms with van der Waals surface area (Å²) >= 11 is 0. The van der Waals surface area contributed by atoms with Crippen LogP contribution in [0.25, 0.3) is 0 Å². The number of nitrogens with zero attached hydrogens (tertiary/aromatic N) is 1. The van der Waals surface area contributed by atoms with Crippen LogP contribution in [0.1, 0.15) is 11.1 Å². The molecule has 0 fully saturated rings. The predicted octanol–water partition coefficient (Wildman–Crippen LogP) is 1.04. The maximum Gasteiger partial charge on any atom is 0.109 e. The molecule has 3 nitrogen and oxygen atoms in total. The number of hydrogen-bond donors (Lipinski definition) is 0. The molecule has 1 aliphatic rings. The topological polar surface area (TPSA) is 31.4 Å². The monoisotopic (exact) mass is 137 g/mol. The van der Waals surface area contributed by atoms with E-state index in [0.717, 1.165) is 5.56 Å². The summed E-state index contributed by atoms with van der Waals surface area (Å²) in [6.45, 7) is 1.06. The van der Waals surface area contributed by atoms with Gasteiger partial charge in [0, 0.05) is 18.0 Å². The molecule has 0 saturated heterocycles. The molecule has 0 spiro atoms. The number of aromatic nitrogens is 1. The van der Waals surface area contributed by atoms with Crippen LogP contribution in [0.2, 0.25) is 0 Å². The van der Waals surface area contributed by atoms with Crippen LogP contribution in [-0.4, -0.2) is 4.98 Å². The summed E-state index contributed by atoms with van der Waals surface area (Å²) in [7, 11) is 0. The van der Waals surface area contributed by atoms with Crippen molar-refractivity contribution in [1.29, 1.82) is 0 Å². The molecule has 10 heavy (non-hydrogen) atoms. The lowest BCUT2D eigenvalue weighted by molar-refractivity contribution is -0.322. The second kappa shape index (κ2) is 2.36. The largest absolute Gasteiger partial charge is 0.264 e. The van der Waals surface area contributed by atoms with Gasteiger partial charge in [-0.1, -0.05) is 0 Å². The van der Waals surface area contributed by atoms with E-state index in [2.05, 4.69) is 4.98 Å². The lowest BCUT2D eigenvalue weighted by atomic mass is 10.1. The average molecular weight is 137 g/mol. The molecule has 0 N–H and O–H groups in total. The summed E-state index contributed by atoms with van der Waals surface area (Å²) in [5.74, 6) is 0. The van der Waals surface area contributed by atoms with Gasteiger partial charge in [0.1, 0.15) is 13.2 Å². The molecule has 1 aliphatic heterocycles. The van der Waals surface area contributed by atoms with E-state index in [4.69, 9.17) is 9.78 Å². The van der Waals surface area contributed by atoms with E-state index in [-0.39, 0.29) is 0 Å². The Bertz CT molecular complexity index is 212. The summed E-state index contributed by atoms with van der Waals surface area (Å²) in [6, 6.07) is 1.94. The van der Waals surface area contributed by atoms with Gasteiger partial charge in [0.05, 0.1) is 0 Å². The van der Waals surface area contributed by atoms with E-state index in [1.807, 2.05) is 6.07 Å². The highest BCUT2D eigenvalue weighted by atomic mass is 17.2. The molecule has 0 atom stereocenters. The predicted molar refractivity (Wildman–Crippen MR) is 33.8 cm³/mol. The van der Waals surface area contributed by atoms with Crippen molar-refractivity contribution in [2.75, 3.05) is 0 Å². The standard InChI is InChI=1S/C7H7NO2/c1-2-8-3-7-5-10-9-4-6(1)7/h1-3H,4-5H2. The van der Waals surface area contributed by atoms with Gasteiger partial charge in [-0.05, 0) is 11.6 Å². The zero-order chi connectivity index (χ0) is 6.81. The fourth-order valence-electron chi connectivity index (χ4n) is 0.937. The summed E-state index contributed by atoms with van der Waals surface area (Å²) in [4.78, 5) is 13.5. The Kier molecular flexibility index (Phi) is 1.38. The van der Waals surface area contributed by atoms with Crippen LogP contribution in [0.4, 0.5) is 0 Å². The van der Waals surface area contributed by atoms with Gasteiger partial charge in [0.2, 0.25) is 0 Å². The highest BCUT2D eigenvalue weighted by Crippen LogP contribution is 2.14. The maximum absolute atomic E-state index is 4.77. The maximum atomic E-state index is 4.77. The van der Waals surface area contributed by atoms with E-state index < -0.39 is 0 Å². The van der Waals surface area contributed by atoms with E-state index in [1.54, 1.807) is 12.4 Å². The van der Waals surface area contributed by atoms with Crippen LogP contribution in [0.5, 0.6) is 0 Å². The Morgan fingerprint density at radius 1 is 1.20 bits per heavy atom. The van der Waals surface area contributed by atoms with Gasteiger partial charge < -0.3 is 0 Å². The van der Waals surface area contributed by atoms with Gasteiger partial charge in [0.15, 0.2) is 0 Å². The molecule has 0 unspecified atom stereocenters. The van der Waals surface area contributed by atoms with Crippen molar-refractivity contribution in [2.45, 2.75) is 13.2 Å². The lowest BCUT2D eigenvalue weighted by Crippen LogP contribution is -2.07. The molecule has 2 heterocycles. The molecular weight excluding hydrogens is 130 g/mol. The average Bonchev–Trinajstić information content (AvgIpc) is 2.05. The van der Waals surface area contributed by atoms with Gasteiger partial charge in [-0.25, -0.2) is 9.78 Å². The Balaban J connectivity index is 2.41. The van der Waals surface area contributed by atoms with Crippen LogP contribution < -0.4 is 0 Å². The normalized spacial score (nSPS) is 16.4. The quantitative estimate of drug-likeness (QED) is 0.501. The van der Waals surface area contributed by atoms with Crippen molar-refractivity contribution < 1.29 is 9.78 Å². The van der Waals surface area contributed by atoms with Crippen molar-refractivity contribution in [2.24, 2.45) is 0 Å². The zero-order valence-corrected chi connectivity index (χ0v) is 5.41. The molecule has 1 aromatic rings. The molecule has 0 bridgehead atoms. The van der Waals surface area contributed by atoms with Crippen molar-refractivity contribution >= 4 is 0 Å². The minimum Gasteiger partial charge on any atom is -0.264 e. The smallest absolute Gasteiger partial charge is 0.109 e. The molecule has 0 saturated carbocycles. The lowest BCUT2D eigenvalue weighted by Gasteiger charge is -2.13. The first-order valence-electron chi connectivity index (χ1n) is 3.13. The minimum atomic E-state index is 0.517. The highest BCUT2D eigenvalue weighted by molar-refractivity contribution is 5.22. The Hall–Kier alpha value is -0.930. The second-order valence-electron chi connectivity index (χ2n) is 2.17. The third-order valence-electron chi connectivity index (χ3n) is 1.52. The number of fused-ring (bicyclic) bond motifs is 1. The van der Waals surface area contributed by atoms with Gasteiger partial charge in [0.25, 0.3) is 0 Å². The van der Waals surface area contributed by atoms with Crippen LogP contribution in [-0.2, 0) is 23.0 Å². The molecule has 0 aromatic carbocycles. The zero-order valence-electron chi connectivity index (χ0n) is 5.41. The minimum absolute atomic E-state index is 0.517. The first-order chi connectivity index (χ1) is 4.97. The number of rotatable bonds is 0. The van der Waals surface area contributed by atoms with Crippen molar-refractivity contribution in [3.63, 3.8) is 0 Å². The van der Waals surface area contributed by atoms with Gasteiger partial charge in [-0.2, -0.15) is 0 Å². The van der Waals surface area contributed by atoms with E-state index in [1.165, 1.54) is 5.56 Å². The van der Waals surface area contributed by atoms with Crippen molar-refractivity contribution in [3.05, 3.63) is 29.6 Å². The fourth-order valence-corrected chi connectivity index (χ4v) is 0.937. The molecule has 0 radical (unpaired) electrons. The summed E-state index contributed by atoms with van der Waals surface area (Å²) < 4.78 is 0. The summed E-state index contributed by atoms with van der Waals surface area (Å²) in [5.41, 5.74) is 2.29. The molecule has 0 amide bonds. The number of pyridine rings is 1. The molecule has 3 heteroatoms. The molecule has 0 aliphatic carbocycles. The summed E-state index contributed by atoms with van der Waals surface area (Å²) in [6.07, 6.45) is 3.56. The third kappa shape index (κ3) is 0.894. The summed E-state index contributed by atoms with van der Waals surface area (Å²) in [5, 5.41) is 0. The molecule has 2 rings (SSSR count). The molecular formula is C7H7NO2. The van der Waals surface area contributed by atoms with Crippen molar-refractivity contribution in [1.82, 2.24) is 4.98 Å². The highest BCUT2D eigenvalue weighted by Gasteiger charge is 2.08.